The van der Waals surface area contributed by atoms with Crippen molar-refractivity contribution in [3.05, 3.63) is 89.1 Å². The van der Waals surface area contributed by atoms with Crippen LogP contribution in [0.1, 0.15) is 55.9 Å². The Bertz CT molecular complexity index is 1260. The summed E-state index contributed by atoms with van der Waals surface area (Å²) in [4.78, 5) is 4.90. The Morgan fingerprint density at radius 2 is 1.61 bits per heavy atom. The molecule has 1 aromatic heterocycles. The number of hydrogen-bond acceptors (Lipinski definition) is 1. The van der Waals surface area contributed by atoms with Gasteiger partial charge in [0.15, 0.2) is 0 Å². The highest BCUT2D eigenvalue weighted by Crippen LogP contribution is 2.37. The summed E-state index contributed by atoms with van der Waals surface area (Å²) in [7, 11) is 0. The summed E-state index contributed by atoms with van der Waals surface area (Å²) in [5.41, 5.74) is 10.8. The molecule has 1 aliphatic rings. The van der Waals surface area contributed by atoms with Crippen molar-refractivity contribution in [2.75, 3.05) is 0 Å². The molecule has 5 rings (SSSR count). The Morgan fingerprint density at radius 3 is 2.42 bits per heavy atom. The van der Waals surface area contributed by atoms with Crippen LogP contribution in [-0.2, 0) is 19.3 Å². The fraction of sp³-hybridized carbons (Fsp3) is 0.300. The van der Waals surface area contributed by atoms with E-state index in [-0.39, 0.29) is 0 Å². The van der Waals surface area contributed by atoms with E-state index >= 15 is 0 Å². The first-order chi connectivity index (χ1) is 15.0. The van der Waals surface area contributed by atoms with E-state index in [0.717, 1.165) is 25.0 Å². The van der Waals surface area contributed by atoms with Gasteiger partial charge in [0.25, 0.3) is 0 Å². The van der Waals surface area contributed by atoms with Crippen LogP contribution in [0.5, 0.6) is 0 Å². The van der Waals surface area contributed by atoms with Crippen LogP contribution in [-0.4, -0.2) is 4.98 Å². The Hall–Kier alpha value is -2.93. The minimum absolute atomic E-state index is 0.475. The third-order valence-electron chi connectivity index (χ3n) is 6.57. The summed E-state index contributed by atoms with van der Waals surface area (Å²) in [6.45, 7) is 9.14. The van der Waals surface area contributed by atoms with Crippen LogP contribution in [0.2, 0.25) is 0 Å². The van der Waals surface area contributed by atoms with Crippen molar-refractivity contribution in [3.63, 3.8) is 0 Å². The molecule has 1 aliphatic carbocycles. The molecular formula is C30H31N. The molecule has 0 saturated carbocycles. The molecular weight excluding hydrogens is 374 g/mol. The topological polar surface area (TPSA) is 12.9 Å². The zero-order valence-electron chi connectivity index (χ0n) is 19.1. The van der Waals surface area contributed by atoms with Gasteiger partial charge in [-0.2, -0.15) is 0 Å². The lowest BCUT2D eigenvalue weighted by molar-refractivity contribution is 0.646. The molecule has 0 atom stereocenters. The number of benzene rings is 3. The molecule has 1 heteroatoms. The first kappa shape index (κ1) is 20.0. The average molecular weight is 406 g/mol. The first-order valence-electron chi connectivity index (χ1n) is 11.6. The molecule has 0 N–H and O–H groups in total. The van der Waals surface area contributed by atoms with Gasteiger partial charge in [0, 0.05) is 11.8 Å². The Labute approximate surface area is 186 Å². The van der Waals surface area contributed by atoms with Gasteiger partial charge in [-0.1, -0.05) is 70.2 Å². The quantitative estimate of drug-likeness (QED) is 0.335. The van der Waals surface area contributed by atoms with Gasteiger partial charge >= 0.3 is 0 Å². The maximum atomic E-state index is 4.90. The number of nitrogens with zero attached hydrogens (tertiary/aromatic N) is 1. The Balaban J connectivity index is 1.61. The molecule has 0 saturated heterocycles. The summed E-state index contributed by atoms with van der Waals surface area (Å²) in [5, 5.41) is 2.64. The van der Waals surface area contributed by atoms with Crippen LogP contribution in [0.25, 0.3) is 33.2 Å². The predicted octanol–water partition coefficient (Wildman–Crippen LogP) is 7.99. The van der Waals surface area contributed by atoms with Crippen molar-refractivity contribution >= 4 is 10.8 Å². The minimum atomic E-state index is 0.475. The van der Waals surface area contributed by atoms with Crippen molar-refractivity contribution in [2.24, 2.45) is 5.92 Å². The van der Waals surface area contributed by atoms with E-state index in [1.807, 2.05) is 0 Å². The monoisotopic (exact) mass is 405 g/mol. The third kappa shape index (κ3) is 3.78. The third-order valence-corrected chi connectivity index (χ3v) is 6.57. The van der Waals surface area contributed by atoms with Gasteiger partial charge in [-0.05, 0) is 93.5 Å². The molecule has 0 unspecified atom stereocenters. The minimum Gasteiger partial charge on any atom is -0.256 e. The van der Waals surface area contributed by atoms with Gasteiger partial charge in [0.1, 0.15) is 0 Å². The number of rotatable bonds is 4. The first-order valence-corrected chi connectivity index (χ1v) is 11.6. The second-order valence-electron chi connectivity index (χ2n) is 9.76. The fourth-order valence-electron chi connectivity index (χ4n) is 5.04. The Morgan fingerprint density at radius 1 is 0.806 bits per heavy atom. The molecule has 31 heavy (non-hydrogen) atoms. The largest absolute Gasteiger partial charge is 0.256 e. The molecule has 3 aromatic carbocycles. The van der Waals surface area contributed by atoms with Crippen LogP contribution in [0.4, 0.5) is 0 Å². The van der Waals surface area contributed by atoms with Gasteiger partial charge in [-0.25, -0.2) is 0 Å². The van der Waals surface area contributed by atoms with Crippen molar-refractivity contribution in [1.29, 1.82) is 0 Å². The van der Waals surface area contributed by atoms with E-state index in [4.69, 9.17) is 4.98 Å². The van der Waals surface area contributed by atoms with E-state index < -0.39 is 0 Å². The van der Waals surface area contributed by atoms with Gasteiger partial charge in [0.2, 0.25) is 0 Å². The van der Waals surface area contributed by atoms with Crippen LogP contribution < -0.4 is 0 Å². The lowest BCUT2D eigenvalue weighted by atomic mass is 9.84. The standard InChI is InChI=1S/C30H31N/c1-19(2)13-21-9-12-27-23(14-21)10-11-24-18-31-30(17-29(24)27)25-15-22-7-5-6-8-26(22)28(16-25)20(3)4/h5-9,12,14-20H,10-11,13H2,1-4H3. The zero-order valence-corrected chi connectivity index (χ0v) is 19.1. The van der Waals surface area contributed by atoms with E-state index in [2.05, 4.69) is 94.6 Å². The number of aromatic nitrogens is 1. The van der Waals surface area contributed by atoms with Crippen molar-refractivity contribution in [3.8, 4) is 22.4 Å². The van der Waals surface area contributed by atoms with Gasteiger partial charge < -0.3 is 0 Å². The second-order valence-corrected chi connectivity index (χ2v) is 9.76. The smallest absolute Gasteiger partial charge is 0.0708 e. The van der Waals surface area contributed by atoms with E-state index in [1.54, 1.807) is 0 Å². The fourth-order valence-corrected chi connectivity index (χ4v) is 5.04. The van der Waals surface area contributed by atoms with Gasteiger partial charge in [0.05, 0.1) is 5.69 Å². The SMILES string of the molecule is CC(C)Cc1ccc2c(c1)CCc1cnc(-c3cc(C(C)C)c4ccccc4c3)cc1-2. The van der Waals surface area contributed by atoms with Gasteiger partial charge in [-0.15, -0.1) is 0 Å². The maximum absolute atomic E-state index is 4.90. The van der Waals surface area contributed by atoms with E-state index in [9.17, 15) is 0 Å². The van der Waals surface area contributed by atoms with Gasteiger partial charge in [-0.3, -0.25) is 4.98 Å². The van der Waals surface area contributed by atoms with Crippen LogP contribution in [0, 0.1) is 5.92 Å². The number of fused-ring (bicyclic) bond motifs is 4. The van der Waals surface area contributed by atoms with Crippen molar-refractivity contribution < 1.29 is 0 Å². The predicted molar refractivity (Wildman–Crippen MR) is 133 cm³/mol. The molecule has 0 aliphatic heterocycles. The second kappa shape index (κ2) is 7.96. The summed E-state index contributed by atoms with van der Waals surface area (Å²) < 4.78 is 0. The molecule has 156 valence electrons. The molecule has 0 fully saturated rings. The average Bonchev–Trinajstić information content (AvgIpc) is 2.77. The summed E-state index contributed by atoms with van der Waals surface area (Å²) >= 11 is 0. The molecule has 1 heterocycles. The van der Waals surface area contributed by atoms with Crippen LogP contribution in [0.3, 0.4) is 0 Å². The van der Waals surface area contributed by atoms with Crippen LogP contribution >= 0.6 is 0 Å². The molecule has 0 bridgehead atoms. The molecule has 0 radical (unpaired) electrons. The summed E-state index contributed by atoms with van der Waals surface area (Å²) in [6, 6.07) is 22.8. The molecule has 0 amide bonds. The normalized spacial score (nSPS) is 13.0. The zero-order chi connectivity index (χ0) is 21.5. The maximum Gasteiger partial charge on any atom is 0.0708 e. The highest BCUT2D eigenvalue weighted by Gasteiger charge is 2.19. The summed E-state index contributed by atoms with van der Waals surface area (Å²) in [5.74, 6) is 1.16. The van der Waals surface area contributed by atoms with Crippen molar-refractivity contribution in [2.45, 2.75) is 52.9 Å². The molecule has 0 spiro atoms. The lowest BCUT2D eigenvalue weighted by Gasteiger charge is -2.22. The van der Waals surface area contributed by atoms with Crippen LogP contribution in [0.15, 0.2) is 66.9 Å². The number of hydrogen-bond donors (Lipinski definition) is 0. The number of aryl methyl sites for hydroxylation is 2. The summed E-state index contributed by atoms with van der Waals surface area (Å²) in [6.07, 6.45) is 5.45. The number of pyridine rings is 1. The Kier molecular flexibility index (Phi) is 5.14. The highest BCUT2D eigenvalue weighted by molar-refractivity contribution is 5.91. The van der Waals surface area contributed by atoms with E-state index in [1.165, 1.54) is 49.7 Å². The molecule has 4 aromatic rings. The van der Waals surface area contributed by atoms with Crippen molar-refractivity contribution in [1.82, 2.24) is 4.98 Å². The lowest BCUT2D eigenvalue weighted by Crippen LogP contribution is -2.06. The van der Waals surface area contributed by atoms with E-state index in [0.29, 0.717) is 11.8 Å². The molecule has 1 nitrogen and oxygen atoms in total. The highest BCUT2D eigenvalue weighted by atomic mass is 14.7.